The molecule has 2 aliphatic rings. The van der Waals surface area contributed by atoms with E-state index in [1.807, 2.05) is 0 Å². The molecule has 1 aliphatic heterocycles. The molecule has 3 unspecified atom stereocenters. The van der Waals surface area contributed by atoms with Gasteiger partial charge in [0.15, 0.2) is 6.04 Å². The van der Waals surface area contributed by atoms with Gasteiger partial charge in [-0.05, 0) is 18.9 Å². The second kappa shape index (κ2) is 2.60. The highest BCUT2D eigenvalue weighted by Crippen LogP contribution is 2.55. The topological polar surface area (TPSA) is 0 Å². The molecule has 1 fully saturated rings. The van der Waals surface area contributed by atoms with E-state index in [4.69, 9.17) is 0 Å². The standard InChI is InChI=1S/C13H18N/c1-3-14(2)12-9-8-10-6-4-5-7-11(10)13(12)14/h4-7,12-13H,3,8-9H2,1-2H3/q+1. The van der Waals surface area contributed by atoms with E-state index in [0.29, 0.717) is 0 Å². The summed E-state index contributed by atoms with van der Waals surface area (Å²) in [5.74, 6) is 0. The van der Waals surface area contributed by atoms with Crippen LogP contribution in [-0.4, -0.2) is 24.1 Å². The molecule has 14 heavy (non-hydrogen) atoms. The summed E-state index contributed by atoms with van der Waals surface area (Å²) >= 11 is 0. The molecule has 0 amide bonds. The maximum atomic E-state index is 2.41. The van der Waals surface area contributed by atoms with Crippen LogP contribution in [0.5, 0.6) is 0 Å². The van der Waals surface area contributed by atoms with E-state index in [2.05, 4.69) is 38.2 Å². The average Bonchev–Trinajstić information content (AvgIpc) is 2.86. The fourth-order valence-electron chi connectivity index (χ4n) is 3.34. The lowest BCUT2D eigenvalue weighted by molar-refractivity contribution is -0.806. The number of hydrogen-bond acceptors (Lipinski definition) is 0. The Hall–Kier alpha value is -0.820. The Morgan fingerprint density at radius 3 is 2.93 bits per heavy atom. The summed E-state index contributed by atoms with van der Waals surface area (Å²) in [5, 5.41) is 0. The van der Waals surface area contributed by atoms with Crippen molar-refractivity contribution in [3.8, 4) is 0 Å². The van der Waals surface area contributed by atoms with Crippen molar-refractivity contribution in [3.05, 3.63) is 35.4 Å². The molecule has 0 saturated carbocycles. The lowest BCUT2D eigenvalue weighted by Crippen LogP contribution is -2.22. The van der Waals surface area contributed by atoms with Gasteiger partial charge >= 0.3 is 0 Å². The van der Waals surface area contributed by atoms with Crippen LogP contribution in [0.25, 0.3) is 0 Å². The first-order valence-electron chi connectivity index (χ1n) is 5.70. The van der Waals surface area contributed by atoms with Crippen LogP contribution in [0.15, 0.2) is 24.3 Å². The minimum Gasteiger partial charge on any atom is -0.307 e. The van der Waals surface area contributed by atoms with Crippen molar-refractivity contribution < 1.29 is 4.48 Å². The van der Waals surface area contributed by atoms with Gasteiger partial charge < -0.3 is 4.48 Å². The van der Waals surface area contributed by atoms with Gasteiger partial charge in [0.1, 0.15) is 6.04 Å². The zero-order chi connectivity index (χ0) is 9.76. The van der Waals surface area contributed by atoms with Gasteiger partial charge in [0.05, 0.1) is 13.6 Å². The Kier molecular flexibility index (Phi) is 1.58. The van der Waals surface area contributed by atoms with Crippen molar-refractivity contribution in [2.24, 2.45) is 0 Å². The zero-order valence-corrected chi connectivity index (χ0v) is 9.03. The molecule has 1 nitrogen and oxygen atoms in total. The van der Waals surface area contributed by atoms with E-state index in [1.165, 1.54) is 23.9 Å². The second-order valence-corrected chi connectivity index (χ2v) is 4.91. The molecule has 0 spiro atoms. The Morgan fingerprint density at radius 2 is 2.14 bits per heavy atom. The van der Waals surface area contributed by atoms with Crippen LogP contribution in [-0.2, 0) is 6.42 Å². The SMILES string of the molecule is CC[N+]1(C)C2CCc3ccccc3C21. The van der Waals surface area contributed by atoms with Crippen LogP contribution >= 0.6 is 0 Å². The highest BCUT2D eigenvalue weighted by Gasteiger charge is 2.64. The molecular formula is C13H18N+. The van der Waals surface area contributed by atoms with Gasteiger partial charge in [-0.1, -0.05) is 24.3 Å². The van der Waals surface area contributed by atoms with E-state index in [-0.39, 0.29) is 0 Å². The van der Waals surface area contributed by atoms with Crippen LogP contribution < -0.4 is 0 Å². The number of benzene rings is 1. The summed E-state index contributed by atoms with van der Waals surface area (Å²) < 4.78 is 1.29. The Bertz CT molecular complexity index is 371. The van der Waals surface area contributed by atoms with Crippen LogP contribution in [0.4, 0.5) is 0 Å². The van der Waals surface area contributed by atoms with Gasteiger partial charge in [0.2, 0.25) is 0 Å². The minimum absolute atomic E-state index is 0.824. The summed E-state index contributed by atoms with van der Waals surface area (Å²) in [6.45, 7) is 3.60. The molecule has 1 heteroatoms. The number of fused-ring (bicyclic) bond motifs is 3. The Labute approximate surface area is 85.9 Å². The molecule has 1 saturated heterocycles. The van der Waals surface area contributed by atoms with E-state index in [1.54, 1.807) is 11.1 Å². The number of nitrogens with zero attached hydrogens (tertiary/aromatic N) is 1. The van der Waals surface area contributed by atoms with Crippen molar-refractivity contribution in [1.29, 1.82) is 0 Å². The first-order valence-corrected chi connectivity index (χ1v) is 5.70. The van der Waals surface area contributed by atoms with Crippen LogP contribution in [0, 0.1) is 0 Å². The first-order chi connectivity index (χ1) is 6.77. The molecule has 3 atom stereocenters. The second-order valence-electron chi connectivity index (χ2n) is 4.91. The largest absolute Gasteiger partial charge is 0.307 e. The van der Waals surface area contributed by atoms with Crippen LogP contribution in [0.3, 0.4) is 0 Å². The maximum absolute atomic E-state index is 2.41. The predicted octanol–water partition coefficient (Wildman–Crippen LogP) is 2.52. The summed E-state index contributed by atoms with van der Waals surface area (Å²) in [4.78, 5) is 0. The minimum atomic E-state index is 0.824. The third-order valence-electron chi connectivity index (χ3n) is 4.43. The third-order valence-corrected chi connectivity index (χ3v) is 4.43. The molecule has 3 rings (SSSR count). The van der Waals surface area contributed by atoms with Crippen molar-refractivity contribution >= 4 is 0 Å². The normalized spacial score (nSPS) is 38.7. The van der Waals surface area contributed by atoms with Gasteiger partial charge in [0, 0.05) is 12.0 Å². The predicted molar refractivity (Wildman–Crippen MR) is 58.0 cm³/mol. The number of hydrogen-bond donors (Lipinski definition) is 0. The van der Waals surface area contributed by atoms with Crippen molar-refractivity contribution in [2.45, 2.75) is 31.8 Å². The highest BCUT2D eigenvalue weighted by molar-refractivity contribution is 5.35. The Morgan fingerprint density at radius 1 is 1.36 bits per heavy atom. The molecule has 1 aromatic rings. The molecule has 0 aromatic heterocycles. The summed E-state index contributed by atoms with van der Waals surface area (Å²) in [5.41, 5.74) is 3.23. The van der Waals surface area contributed by atoms with Gasteiger partial charge in [-0.2, -0.15) is 0 Å². The van der Waals surface area contributed by atoms with Gasteiger partial charge in [-0.25, -0.2) is 0 Å². The third kappa shape index (κ3) is 0.885. The number of aryl methyl sites for hydroxylation is 1. The molecule has 0 bridgehead atoms. The number of likely N-dealkylation sites (N-methyl/N-ethyl adjacent to an activating group) is 1. The van der Waals surface area contributed by atoms with Gasteiger partial charge in [0.25, 0.3) is 0 Å². The van der Waals surface area contributed by atoms with E-state index in [0.717, 1.165) is 12.1 Å². The van der Waals surface area contributed by atoms with E-state index < -0.39 is 0 Å². The first kappa shape index (κ1) is 8.49. The van der Waals surface area contributed by atoms with Crippen molar-refractivity contribution in [1.82, 2.24) is 0 Å². The molecule has 1 aliphatic carbocycles. The molecule has 74 valence electrons. The number of quaternary nitrogens is 1. The zero-order valence-electron chi connectivity index (χ0n) is 9.03. The van der Waals surface area contributed by atoms with Crippen molar-refractivity contribution in [2.75, 3.05) is 13.6 Å². The fourth-order valence-corrected chi connectivity index (χ4v) is 3.34. The lowest BCUT2D eigenvalue weighted by atomic mass is 9.92. The lowest BCUT2D eigenvalue weighted by Gasteiger charge is -2.11. The molecular weight excluding hydrogens is 170 g/mol. The Balaban J connectivity index is 2.05. The maximum Gasteiger partial charge on any atom is 0.168 e. The monoisotopic (exact) mass is 188 g/mol. The summed E-state index contributed by atoms with van der Waals surface area (Å²) in [6.07, 6.45) is 2.69. The summed E-state index contributed by atoms with van der Waals surface area (Å²) in [7, 11) is 2.41. The fraction of sp³-hybridized carbons (Fsp3) is 0.538. The molecule has 0 radical (unpaired) electrons. The van der Waals surface area contributed by atoms with Gasteiger partial charge in [-0.3, -0.25) is 0 Å². The number of rotatable bonds is 1. The van der Waals surface area contributed by atoms with Crippen LogP contribution in [0.1, 0.15) is 30.5 Å². The molecule has 1 aromatic carbocycles. The van der Waals surface area contributed by atoms with E-state index in [9.17, 15) is 0 Å². The summed E-state index contributed by atoms with van der Waals surface area (Å²) in [6, 6.07) is 10.8. The molecule has 0 N–H and O–H groups in total. The van der Waals surface area contributed by atoms with Crippen molar-refractivity contribution in [3.63, 3.8) is 0 Å². The molecule has 1 heterocycles. The smallest absolute Gasteiger partial charge is 0.168 e. The van der Waals surface area contributed by atoms with E-state index >= 15 is 0 Å². The average molecular weight is 188 g/mol. The highest BCUT2D eigenvalue weighted by atomic mass is 15.5. The quantitative estimate of drug-likeness (QED) is 0.469. The van der Waals surface area contributed by atoms with Crippen LogP contribution in [0.2, 0.25) is 0 Å². The van der Waals surface area contributed by atoms with Gasteiger partial charge in [-0.15, -0.1) is 0 Å².